The first-order valence-electron chi connectivity index (χ1n) is 6.10. The van der Waals surface area contributed by atoms with E-state index in [1.54, 1.807) is 24.3 Å². The Morgan fingerprint density at radius 2 is 2.05 bits per heavy atom. The second kappa shape index (κ2) is 7.38. The van der Waals surface area contributed by atoms with Crippen molar-refractivity contribution in [3.8, 4) is 11.5 Å². The van der Waals surface area contributed by atoms with Crippen molar-refractivity contribution in [2.45, 2.75) is 6.61 Å². The highest BCUT2D eigenvalue weighted by atomic mass is 35.5. The molecule has 0 aliphatic carbocycles. The van der Waals surface area contributed by atoms with E-state index >= 15 is 0 Å². The van der Waals surface area contributed by atoms with E-state index in [4.69, 9.17) is 16.3 Å². The van der Waals surface area contributed by atoms with Gasteiger partial charge in [-0.25, -0.2) is 0 Å². The summed E-state index contributed by atoms with van der Waals surface area (Å²) in [5, 5.41) is 0. The first-order chi connectivity index (χ1) is 10.5. The number of methoxy groups -OCH3 is 1. The minimum Gasteiger partial charge on any atom is -0.493 e. The summed E-state index contributed by atoms with van der Waals surface area (Å²) in [6, 6.07) is 7.69. The number of hydrogen-bond acceptors (Lipinski definition) is 4. The number of hydrogen-bond donors (Lipinski definition) is 0. The number of halogens is 3. The number of ether oxygens (including phenoxy) is 2. The second-order valence-corrected chi connectivity index (χ2v) is 5.81. The van der Waals surface area contributed by atoms with Gasteiger partial charge in [-0.1, -0.05) is 23.7 Å². The van der Waals surface area contributed by atoms with Gasteiger partial charge in [0.05, 0.1) is 16.3 Å². The third kappa shape index (κ3) is 4.29. The minimum absolute atomic E-state index is 0.0639. The van der Waals surface area contributed by atoms with Crippen LogP contribution < -0.4 is 9.47 Å². The lowest BCUT2D eigenvalue weighted by Crippen LogP contribution is -2.03. The van der Waals surface area contributed by atoms with Crippen LogP contribution in [0.1, 0.15) is 15.2 Å². The molecule has 0 atom stereocenters. The minimum atomic E-state index is -2.93. The molecule has 7 heteroatoms. The van der Waals surface area contributed by atoms with E-state index in [1.165, 1.54) is 36.7 Å². The van der Waals surface area contributed by atoms with Gasteiger partial charge in [0.25, 0.3) is 0 Å². The molecule has 0 spiro atoms. The van der Waals surface area contributed by atoms with Crippen molar-refractivity contribution >= 4 is 34.8 Å². The zero-order valence-electron chi connectivity index (χ0n) is 11.4. The summed E-state index contributed by atoms with van der Waals surface area (Å²) >= 11 is 6.96. The Bertz CT molecular complexity index is 698. The Hall–Kier alpha value is -1.92. The van der Waals surface area contributed by atoms with Crippen molar-refractivity contribution in [3.63, 3.8) is 0 Å². The summed E-state index contributed by atoms with van der Waals surface area (Å²) in [7, 11) is 1.35. The Balaban J connectivity index is 2.15. The van der Waals surface area contributed by atoms with Crippen molar-refractivity contribution in [2.75, 3.05) is 7.11 Å². The molecule has 0 N–H and O–H groups in total. The first kappa shape index (κ1) is 16.5. The Morgan fingerprint density at radius 1 is 1.27 bits per heavy atom. The fourth-order valence-electron chi connectivity index (χ4n) is 1.68. The molecule has 0 amide bonds. The van der Waals surface area contributed by atoms with Gasteiger partial charge < -0.3 is 9.47 Å². The van der Waals surface area contributed by atoms with E-state index in [0.29, 0.717) is 14.8 Å². The molecule has 2 rings (SSSR count). The van der Waals surface area contributed by atoms with E-state index in [2.05, 4.69) is 4.74 Å². The lowest BCUT2D eigenvalue weighted by molar-refractivity contribution is -0.0512. The first-order valence-corrected chi connectivity index (χ1v) is 7.29. The maximum atomic E-state index is 12.2. The highest BCUT2D eigenvalue weighted by Gasteiger charge is 2.10. The number of thiophene rings is 1. The molecule has 0 bridgehead atoms. The van der Waals surface area contributed by atoms with Crippen LogP contribution in [0.3, 0.4) is 0 Å². The smallest absolute Gasteiger partial charge is 0.387 e. The summed E-state index contributed by atoms with van der Waals surface area (Å²) in [5.41, 5.74) is 0.620. The topological polar surface area (TPSA) is 35.5 Å². The molecule has 0 saturated heterocycles. The average Bonchev–Trinajstić information content (AvgIpc) is 2.92. The summed E-state index contributed by atoms with van der Waals surface area (Å²) in [5.74, 6) is -0.0937. The molecule has 0 saturated carbocycles. The SMILES string of the molecule is COc1cc(/C=C/C(=O)c2ccc(Cl)s2)ccc1OC(F)F. The second-order valence-electron chi connectivity index (χ2n) is 4.09. The molecule has 3 nitrogen and oxygen atoms in total. The summed E-state index contributed by atoms with van der Waals surface area (Å²) in [6.45, 7) is -2.93. The predicted molar refractivity (Wildman–Crippen MR) is 82.3 cm³/mol. The van der Waals surface area contributed by atoms with Crippen LogP contribution in [-0.4, -0.2) is 19.5 Å². The lowest BCUT2D eigenvalue weighted by Gasteiger charge is -2.10. The molecule has 22 heavy (non-hydrogen) atoms. The van der Waals surface area contributed by atoms with Crippen LogP contribution in [0.15, 0.2) is 36.4 Å². The molecule has 0 radical (unpaired) electrons. The Kier molecular flexibility index (Phi) is 5.51. The number of carbonyl (C=O) groups excluding carboxylic acids is 1. The van der Waals surface area contributed by atoms with Gasteiger partial charge >= 0.3 is 6.61 Å². The third-order valence-electron chi connectivity index (χ3n) is 2.65. The third-order valence-corrected chi connectivity index (χ3v) is 3.89. The Morgan fingerprint density at radius 3 is 2.64 bits per heavy atom. The molecule has 2 aromatic rings. The van der Waals surface area contributed by atoms with Crippen molar-refractivity contribution in [1.82, 2.24) is 0 Å². The maximum Gasteiger partial charge on any atom is 0.387 e. The quantitative estimate of drug-likeness (QED) is 0.552. The zero-order chi connectivity index (χ0) is 16.1. The van der Waals surface area contributed by atoms with Gasteiger partial charge in [-0.2, -0.15) is 8.78 Å². The van der Waals surface area contributed by atoms with Crippen molar-refractivity contribution in [2.24, 2.45) is 0 Å². The fourth-order valence-corrected chi connectivity index (χ4v) is 2.65. The number of rotatable bonds is 6. The molecule has 0 unspecified atom stereocenters. The predicted octanol–water partition coefficient (Wildman–Crippen LogP) is 4.91. The fraction of sp³-hybridized carbons (Fsp3) is 0.133. The van der Waals surface area contributed by atoms with Crippen LogP contribution in [0, 0.1) is 0 Å². The number of alkyl halides is 2. The maximum absolute atomic E-state index is 12.2. The molecular weight excluding hydrogens is 334 g/mol. The zero-order valence-corrected chi connectivity index (χ0v) is 13.0. The highest BCUT2D eigenvalue weighted by molar-refractivity contribution is 7.18. The summed E-state index contributed by atoms with van der Waals surface area (Å²) in [6.07, 6.45) is 2.94. The molecule has 1 aromatic heterocycles. The monoisotopic (exact) mass is 344 g/mol. The average molecular weight is 345 g/mol. The number of ketones is 1. The van der Waals surface area contributed by atoms with Gasteiger partial charge in [0, 0.05) is 0 Å². The van der Waals surface area contributed by atoms with Crippen molar-refractivity contribution in [1.29, 1.82) is 0 Å². The van der Waals surface area contributed by atoms with Gasteiger partial charge in [-0.15, -0.1) is 11.3 Å². The van der Waals surface area contributed by atoms with Crippen LogP contribution in [0.4, 0.5) is 8.78 Å². The van der Waals surface area contributed by atoms with Gasteiger partial charge in [0.2, 0.25) is 0 Å². The summed E-state index contributed by atoms with van der Waals surface area (Å²) < 4.78 is 34.3. The van der Waals surface area contributed by atoms with Gasteiger partial charge in [-0.05, 0) is 35.9 Å². The van der Waals surface area contributed by atoms with E-state index in [0.717, 1.165) is 0 Å². The molecule has 0 aliphatic rings. The normalized spacial score (nSPS) is 11.1. The molecular formula is C15H11ClF2O3S. The highest BCUT2D eigenvalue weighted by Crippen LogP contribution is 2.30. The lowest BCUT2D eigenvalue weighted by atomic mass is 10.1. The van der Waals surface area contributed by atoms with E-state index in [-0.39, 0.29) is 17.3 Å². The van der Waals surface area contributed by atoms with Crippen LogP contribution in [-0.2, 0) is 0 Å². The van der Waals surface area contributed by atoms with Gasteiger partial charge in [-0.3, -0.25) is 4.79 Å². The van der Waals surface area contributed by atoms with Crippen molar-refractivity contribution in [3.05, 3.63) is 51.2 Å². The van der Waals surface area contributed by atoms with E-state index < -0.39 is 6.61 Å². The molecule has 1 aromatic carbocycles. The molecule has 1 heterocycles. The Labute approximate surface area is 134 Å². The number of benzene rings is 1. The number of allylic oxidation sites excluding steroid dienone is 1. The van der Waals surface area contributed by atoms with Crippen LogP contribution in [0.5, 0.6) is 11.5 Å². The number of carbonyl (C=O) groups is 1. The van der Waals surface area contributed by atoms with Gasteiger partial charge in [0.15, 0.2) is 17.3 Å². The molecule has 0 aliphatic heterocycles. The van der Waals surface area contributed by atoms with E-state index in [1.807, 2.05) is 0 Å². The summed E-state index contributed by atoms with van der Waals surface area (Å²) in [4.78, 5) is 12.4. The largest absolute Gasteiger partial charge is 0.493 e. The van der Waals surface area contributed by atoms with Crippen LogP contribution in [0.25, 0.3) is 6.08 Å². The molecule has 116 valence electrons. The van der Waals surface area contributed by atoms with Gasteiger partial charge in [0.1, 0.15) is 0 Å². The van der Waals surface area contributed by atoms with E-state index in [9.17, 15) is 13.6 Å². The van der Waals surface area contributed by atoms with Crippen molar-refractivity contribution < 1.29 is 23.0 Å². The van der Waals surface area contributed by atoms with Crippen LogP contribution >= 0.6 is 22.9 Å². The van der Waals surface area contributed by atoms with Crippen LogP contribution in [0.2, 0.25) is 4.34 Å². The standard InChI is InChI=1S/C15H11ClF2O3S/c1-20-12-8-9(3-5-11(12)21-15(17)18)2-4-10(19)13-6-7-14(16)22-13/h2-8,15H,1H3/b4-2+. The molecule has 0 fully saturated rings.